The van der Waals surface area contributed by atoms with Crippen LogP contribution in [-0.4, -0.2) is 40.7 Å². The number of hydrogen-bond acceptors (Lipinski definition) is 5. The van der Waals surface area contributed by atoms with Crippen LogP contribution in [0, 0.1) is 0 Å². The standard InChI is InChI=1S/C9H16N4S/c1-2-5-13(4-1)6-3-10-7-9-8-11-12-14-9/h8,10H,1-7H2. The largest absolute Gasteiger partial charge is 0.310 e. The van der Waals surface area contributed by atoms with Gasteiger partial charge in [0, 0.05) is 19.6 Å². The molecule has 2 heterocycles. The van der Waals surface area contributed by atoms with Crippen molar-refractivity contribution in [1.29, 1.82) is 0 Å². The van der Waals surface area contributed by atoms with Crippen LogP contribution in [0.4, 0.5) is 0 Å². The van der Waals surface area contributed by atoms with Crippen LogP contribution in [0.2, 0.25) is 0 Å². The van der Waals surface area contributed by atoms with Crippen LogP contribution in [0.5, 0.6) is 0 Å². The van der Waals surface area contributed by atoms with Gasteiger partial charge in [-0.1, -0.05) is 4.49 Å². The molecule has 0 amide bonds. The molecule has 0 aromatic carbocycles. The summed E-state index contributed by atoms with van der Waals surface area (Å²) >= 11 is 1.47. The molecule has 1 aromatic rings. The third kappa shape index (κ3) is 3.01. The van der Waals surface area contributed by atoms with Crippen molar-refractivity contribution >= 4 is 11.5 Å². The van der Waals surface area contributed by atoms with Gasteiger partial charge in [-0.25, -0.2) is 0 Å². The van der Waals surface area contributed by atoms with Gasteiger partial charge >= 0.3 is 0 Å². The number of likely N-dealkylation sites (tertiary alicyclic amines) is 1. The Hall–Kier alpha value is -0.520. The Morgan fingerprint density at radius 1 is 1.43 bits per heavy atom. The SMILES string of the molecule is c1nnsc1CNCCN1CCCC1. The highest BCUT2D eigenvalue weighted by Crippen LogP contribution is 2.05. The fourth-order valence-electron chi connectivity index (χ4n) is 1.72. The number of nitrogens with one attached hydrogen (secondary N) is 1. The molecule has 0 unspecified atom stereocenters. The van der Waals surface area contributed by atoms with Gasteiger partial charge in [0.1, 0.15) is 0 Å². The molecule has 1 aromatic heterocycles. The first kappa shape index (κ1) is 10.0. The fourth-order valence-corrected chi connectivity index (χ4v) is 2.18. The summed E-state index contributed by atoms with van der Waals surface area (Å²) in [6.07, 6.45) is 4.57. The zero-order valence-electron chi connectivity index (χ0n) is 8.28. The van der Waals surface area contributed by atoms with Gasteiger partial charge in [0.2, 0.25) is 0 Å². The van der Waals surface area contributed by atoms with Crippen molar-refractivity contribution < 1.29 is 0 Å². The van der Waals surface area contributed by atoms with Crippen LogP contribution in [0.15, 0.2) is 6.20 Å². The minimum absolute atomic E-state index is 0.908. The summed E-state index contributed by atoms with van der Waals surface area (Å²) in [5, 5.41) is 7.20. The average molecular weight is 212 g/mol. The van der Waals surface area contributed by atoms with Gasteiger partial charge < -0.3 is 10.2 Å². The molecule has 1 saturated heterocycles. The van der Waals surface area contributed by atoms with E-state index in [1.165, 1.54) is 48.9 Å². The normalized spacial score (nSPS) is 17.7. The Morgan fingerprint density at radius 3 is 3.00 bits per heavy atom. The molecule has 0 saturated carbocycles. The van der Waals surface area contributed by atoms with Crippen molar-refractivity contribution in [1.82, 2.24) is 19.8 Å². The van der Waals surface area contributed by atoms with Gasteiger partial charge in [0.25, 0.3) is 0 Å². The molecule has 4 nitrogen and oxygen atoms in total. The van der Waals surface area contributed by atoms with Crippen LogP contribution in [0.25, 0.3) is 0 Å². The van der Waals surface area contributed by atoms with Gasteiger partial charge in [-0.05, 0) is 37.5 Å². The van der Waals surface area contributed by atoms with Crippen molar-refractivity contribution in [2.24, 2.45) is 0 Å². The van der Waals surface area contributed by atoms with E-state index in [1.54, 1.807) is 0 Å². The molecule has 0 radical (unpaired) electrons. The second-order valence-electron chi connectivity index (χ2n) is 3.61. The van der Waals surface area contributed by atoms with E-state index in [9.17, 15) is 0 Å². The highest BCUT2D eigenvalue weighted by atomic mass is 32.1. The van der Waals surface area contributed by atoms with Crippen molar-refractivity contribution in [2.45, 2.75) is 19.4 Å². The van der Waals surface area contributed by atoms with E-state index < -0.39 is 0 Å². The predicted octanol–water partition coefficient (Wildman–Crippen LogP) is 0.723. The maximum absolute atomic E-state index is 3.82. The lowest BCUT2D eigenvalue weighted by Crippen LogP contribution is -2.29. The lowest BCUT2D eigenvalue weighted by atomic mass is 10.4. The maximum atomic E-state index is 3.82. The topological polar surface area (TPSA) is 41.1 Å². The smallest absolute Gasteiger partial charge is 0.0666 e. The first-order valence-corrected chi connectivity index (χ1v) is 5.92. The number of aromatic nitrogens is 2. The Kier molecular flexibility index (Phi) is 3.85. The monoisotopic (exact) mass is 212 g/mol. The zero-order chi connectivity index (χ0) is 9.64. The number of hydrogen-bond donors (Lipinski definition) is 1. The Balaban J connectivity index is 1.55. The highest BCUT2D eigenvalue weighted by Gasteiger charge is 2.09. The second-order valence-corrected chi connectivity index (χ2v) is 4.48. The van der Waals surface area contributed by atoms with E-state index in [0.717, 1.165) is 13.1 Å². The van der Waals surface area contributed by atoms with Crippen molar-refractivity contribution in [3.63, 3.8) is 0 Å². The van der Waals surface area contributed by atoms with Crippen molar-refractivity contribution in [3.05, 3.63) is 11.1 Å². The van der Waals surface area contributed by atoms with Crippen molar-refractivity contribution in [3.8, 4) is 0 Å². The lowest BCUT2D eigenvalue weighted by molar-refractivity contribution is 0.336. The molecule has 1 N–H and O–H groups in total. The molecule has 78 valence electrons. The van der Waals surface area contributed by atoms with Crippen molar-refractivity contribution in [2.75, 3.05) is 26.2 Å². The third-order valence-electron chi connectivity index (χ3n) is 2.51. The van der Waals surface area contributed by atoms with Gasteiger partial charge in [-0.2, -0.15) is 0 Å². The van der Waals surface area contributed by atoms with Crippen LogP contribution in [0.1, 0.15) is 17.7 Å². The Bertz CT molecular complexity index is 243. The van der Waals surface area contributed by atoms with Crippen LogP contribution >= 0.6 is 11.5 Å². The summed E-state index contributed by atoms with van der Waals surface area (Å²) in [4.78, 5) is 3.73. The lowest BCUT2D eigenvalue weighted by Gasteiger charge is -2.14. The molecular formula is C9H16N4S. The molecule has 2 rings (SSSR count). The minimum atomic E-state index is 0.908. The van der Waals surface area contributed by atoms with E-state index >= 15 is 0 Å². The molecule has 0 spiro atoms. The quantitative estimate of drug-likeness (QED) is 0.730. The summed E-state index contributed by atoms with van der Waals surface area (Å²) in [7, 11) is 0. The summed E-state index contributed by atoms with van der Waals surface area (Å²) < 4.78 is 3.82. The summed E-state index contributed by atoms with van der Waals surface area (Å²) in [5.74, 6) is 0. The molecule has 1 aliphatic heterocycles. The molecular weight excluding hydrogens is 196 g/mol. The number of rotatable bonds is 5. The van der Waals surface area contributed by atoms with E-state index in [4.69, 9.17) is 0 Å². The van der Waals surface area contributed by atoms with E-state index in [2.05, 4.69) is 19.8 Å². The summed E-state index contributed by atoms with van der Waals surface area (Å²) in [6, 6.07) is 0. The fraction of sp³-hybridized carbons (Fsp3) is 0.778. The van der Waals surface area contributed by atoms with Gasteiger partial charge in [-0.15, -0.1) is 5.10 Å². The summed E-state index contributed by atoms with van der Waals surface area (Å²) in [5.41, 5.74) is 0. The first-order chi connectivity index (χ1) is 6.95. The Morgan fingerprint density at radius 2 is 2.29 bits per heavy atom. The van der Waals surface area contributed by atoms with Gasteiger partial charge in [0.15, 0.2) is 0 Å². The minimum Gasteiger partial charge on any atom is -0.310 e. The molecule has 14 heavy (non-hydrogen) atoms. The van der Waals surface area contributed by atoms with E-state index in [-0.39, 0.29) is 0 Å². The molecule has 1 aliphatic rings. The summed E-state index contributed by atoms with van der Waals surface area (Å²) in [6.45, 7) is 5.71. The molecule has 5 heteroatoms. The highest BCUT2D eigenvalue weighted by molar-refractivity contribution is 7.05. The Labute approximate surface area is 88.5 Å². The van der Waals surface area contributed by atoms with E-state index in [0.29, 0.717) is 0 Å². The molecule has 0 aliphatic carbocycles. The van der Waals surface area contributed by atoms with E-state index in [1.807, 2.05) is 6.20 Å². The van der Waals surface area contributed by atoms with Gasteiger partial charge in [0.05, 0.1) is 11.1 Å². The zero-order valence-corrected chi connectivity index (χ0v) is 9.09. The predicted molar refractivity (Wildman–Crippen MR) is 57.3 cm³/mol. The average Bonchev–Trinajstić information content (AvgIpc) is 2.86. The molecule has 0 bridgehead atoms. The number of nitrogens with zero attached hydrogens (tertiary/aromatic N) is 3. The third-order valence-corrected chi connectivity index (χ3v) is 3.17. The van der Waals surface area contributed by atoms with Crippen LogP contribution < -0.4 is 5.32 Å². The van der Waals surface area contributed by atoms with Gasteiger partial charge in [-0.3, -0.25) is 0 Å². The first-order valence-electron chi connectivity index (χ1n) is 5.14. The second kappa shape index (κ2) is 5.38. The van der Waals surface area contributed by atoms with Crippen LogP contribution in [-0.2, 0) is 6.54 Å². The molecule has 1 fully saturated rings. The molecule has 0 atom stereocenters. The maximum Gasteiger partial charge on any atom is 0.0666 e. The van der Waals surface area contributed by atoms with Crippen LogP contribution in [0.3, 0.4) is 0 Å².